The van der Waals surface area contributed by atoms with Crippen LogP contribution in [0.25, 0.3) is 0 Å². The highest BCUT2D eigenvalue weighted by molar-refractivity contribution is 5.83. The van der Waals surface area contributed by atoms with Crippen molar-refractivity contribution in [2.75, 3.05) is 0 Å². The van der Waals surface area contributed by atoms with Crippen LogP contribution in [-0.4, -0.2) is 18.0 Å². The van der Waals surface area contributed by atoms with Gasteiger partial charge in [0.15, 0.2) is 0 Å². The number of hydrogen-bond donors (Lipinski definition) is 2. The van der Waals surface area contributed by atoms with Gasteiger partial charge in [0.25, 0.3) is 0 Å². The Hall–Kier alpha value is -1.35. The first kappa shape index (κ1) is 15.5. The maximum absolute atomic E-state index is 12.7. The lowest BCUT2D eigenvalue weighted by Gasteiger charge is -2.37. The van der Waals surface area contributed by atoms with Gasteiger partial charge in [0.05, 0.1) is 0 Å². The Kier molecular flexibility index (Phi) is 4.82. The Bertz CT molecular complexity index is 497. The Morgan fingerprint density at radius 1 is 1.09 bits per heavy atom. The zero-order valence-electron chi connectivity index (χ0n) is 13.7. The number of amides is 1. The van der Waals surface area contributed by atoms with Crippen molar-refractivity contribution in [3.8, 4) is 0 Å². The first-order valence-electron chi connectivity index (χ1n) is 8.76. The number of carbonyl (C=O) groups is 1. The van der Waals surface area contributed by atoms with Gasteiger partial charge in [0, 0.05) is 12.1 Å². The summed E-state index contributed by atoms with van der Waals surface area (Å²) in [6.07, 6.45) is 6.00. The largest absolute Gasteiger partial charge is 0.352 e. The Morgan fingerprint density at radius 2 is 1.82 bits per heavy atom. The fourth-order valence-corrected chi connectivity index (χ4v) is 3.51. The van der Waals surface area contributed by atoms with Gasteiger partial charge in [-0.25, -0.2) is 0 Å². The summed E-state index contributed by atoms with van der Waals surface area (Å²) in [7, 11) is 0. The average Bonchev–Trinajstić information content (AvgIpc) is 3.33. The van der Waals surface area contributed by atoms with E-state index in [0.29, 0.717) is 18.0 Å². The summed E-state index contributed by atoms with van der Waals surface area (Å²) in [5.41, 5.74) is 1.08. The van der Waals surface area contributed by atoms with Gasteiger partial charge in [0.2, 0.25) is 5.91 Å². The molecule has 3 heteroatoms. The van der Waals surface area contributed by atoms with Crippen LogP contribution in [-0.2, 0) is 4.79 Å². The average molecular weight is 300 g/mol. The second-order valence-corrected chi connectivity index (χ2v) is 7.17. The molecule has 3 rings (SSSR count). The van der Waals surface area contributed by atoms with Crippen LogP contribution in [0.1, 0.15) is 57.6 Å². The predicted molar refractivity (Wildman–Crippen MR) is 89.5 cm³/mol. The molecule has 1 aromatic rings. The first-order valence-corrected chi connectivity index (χ1v) is 8.76. The van der Waals surface area contributed by atoms with E-state index >= 15 is 0 Å². The van der Waals surface area contributed by atoms with Crippen molar-refractivity contribution >= 4 is 5.91 Å². The predicted octanol–water partition coefficient (Wildman–Crippen LogP) is 3.42. The van der Waals surface area contributed by atoms with E-state index in [1.54, 1.807) is 0 Å². The molecule has 0 bridgehead atoms. The number of benzene rings is 1. The highest BCUT2D eigenvalue weighted by Gasteiger charge is 2.33. The molecule has 0 unspecified atom stereocenters. The third kappa shape index (κ3) is 3.70. The van der Waals surface area contributed by atoms with E-state index < -0.39 is 0 Å². The van der Waals surface area contributed by atoms with E-state index in [4.69, 9.17) is 0 Å². The number of nitrogens with one attached hydrogen (secondary N) is 2. The van der Waals surface area contributed by atoms with Crippen LogP contribution in [0.2, 0.25) is 0 Å². The van der Waals surface area contributed by atoms with E-state index in [9.17, 15) is 4.79 Å². The Morgan fingerprint density at radius 3 is 2.50 bits per heavy atom. The molecule has 2 N–H and O–H groups in total. The minimum Gasteiger partial charge on any atom is -0.352 e. The summed E-state index contributed by atoms with van der Waals surface area (Å²) in [6.45, 7) is 4.66. The summed E-state index contributed by atoms with van der Waals surface area (Å²) >= 11 is 0. The van der Waals surface area contributed by atoms with Gasteiger partial charge in [-0.15, -0.1) is 0 Å². The van der Waals surface area contributed by atoms with Crippen LogP contribution in [0.3, 0.4) is 0 Å². The smallest absolute Gasteiger partial charge is 0.241 e. The maximum Gasteiger partial charge on any atom is 0.241 e. The molecule has 3 nitrogen and oxygen atoms in total. The highest BCUT2D eigenvalue weighted by Crippen LogP contribution is 2.31. The standard InChI is InChI=1S/C19H28N2O/c1-13-7-6-10-17(14(13)2)21-18(15-8-4-3-5-9-15)19(22)20-16-11-12-16/h3-5,8-9,13-14,16-18,21H,6-7,10-12H2,1-2H3,(H,20,22)/t13-,14+,17+,18-/m0/s1. The lowest BCUT2D eigenvalue weighted by molar-refractivity contribution is -0.123. The Labute approximate surface area is 133 Å². The topological polar surface area (TPSA) is 41.1 Å². The lowest BCUT2D eigenvalue weighted by atomic mass is 9.77. The minimum atomic E-state index is -0.223. The second kappa shape index (κ2) is 6.82. The monoisotopic (exact) mass is 300 g/mol. The highest BCUT2D eigenvalue weighted by atomic mass is 16.2. The number of hydrogen-bond acceptors (Lipinski definition) is 2. The molecule has 0 aliphatic heterocycles. The van der Waals surface area contributed by atoms with E-state index in [-0.39, 0.29) is 11.9 Å². The van der Waals surface area contributed by atoms with Crippen LogP contribution in [0.4, 0.5) is 0 Å². The third-order valence-corrected chi connectivity index (χ3v) is 5.41. The fourth-order valence-electron chi connectivity index (χ4n) is 3.51. The normalized spacial score (nSPS) is 29.8. The van der Waals surface area contributed by atoms with Gasteiger partial charge >= 0.3 is 0 Å². The molecule has 22 heavy (non-hydrogen) atoms. The molecule has 0 spiro atoms. The maximum atomic E-state index is 12.7. The summed E-state index contributed by atoms with van der Waals surface area (Å²) in [4.78, 5) is 12.7. The summed E-state index contributed by atoms with van der Waals surface area (Å²) in [5.74, 6) is 1.49. The quantitative estimate of drug-likeness (QED) is 0.875. The van der Waals surface area contributed by atoms with Crippen LogP contribution in [0, 0.1) is 11.8 Å². The van der Waals surface area contributed by atoms with Crippen molar-refractivity contribution in [3.63, 3.8) is 0 Å². The third-order valence-electron chi connectivity index (χ3n) is 5.41. The van der Waals surface area contributed by atoms with E-state index in [1.165, 1.54) is 19.3 Å². The van der Waals surface area contributed by atoms with Gasteiger partial charge in [-0.1, -0.05) is 57.0 Å². The van der Waals surface area contributed by atoms with Crippen molar-refractivity contribution in [1.82, 2.24) is 10.6 Å². The molecule has 2 saturated carbocycles. The summed E-state index contributed by atoms with van der Waals surface area (Å²) in [6, 6.07) is 10.8. The van der Waals surface area contributed by atoms with Gasteiger partial charge < -0.3 is 5.32 Å². The van der Waals surface area contributed by atoms with E-state index in [1.807, 2.05) is 18.2 Å². The van der Waals surface area contributed by atoms with Crippen molar-refractivity contribution in [1.29, 1.82) is 0 Å². The SMILES string of the molecule is C[C@@H]1[C@@H](C)CCC[C@H]1N[C@H](C(=O)NC1CC1)c1ccccc1. The molecule has 1 amide bonds. The molecule has 0 saturated heterocycles. The van der Waals surface area contributed by atoms with E-state index in [2.05, 4.69) is 36.6 Å². The molecule has 2 aliphatic rings. The molecule has 120 valence electrons. The molecule has 4 atom stereocenters. The van der Waals surface area contributed by atoms with Crippen LogP contribution >= 0.6 is 0 Å². The molecule has 0 radical (unpaired) electrons. The molecule has 0 heterocycles. The van der Waals surface area contributed by atoms with Gasteiger partial charge in [-0.05, 0) is 36.7 Å². The van der Waals surface area contributed by atoms with Crippen LogP contribution in [0.5, 0.6) is 0 Å². The van der Waals surface area contributed by atoms with Crippen LogP contribution < -0.4 is 10.6 Å². The zero-order chi connectivity index (χ0) is 15.5. The van der Waals surface area contributed by atoms with Crippen molar-refractivity contribution in [3.05, 3.63) is 35.9 Å². The zero-order valence-corrected chi connectivity index (χ0v) is 13.7. The van der Waals surface area contributed by atoms with Crippen molar-refractivity contribution in [2.24, 2.45) is 11.8 Å². The van der Waals surface area contributed by atoms with Gasteiger partial charge in [-0.3, -0.25) is 10.1 Å². The van der Waals surface area contributed by atoms with Crippen LogP contribution in [0.15, 0.2) is 30.3 Å². The van der Waals surface area contributed by atoms with Gasteiger partial charge in [-0.2, -0.15) is 0 Å². The molecular formula is C19H28N2O. The fraction of sp³-hybridized carbons (Fsp3) is 0.632. The first-order chi connectivity index (χ1) is 10.6. The van der Waals surface area contributed by atoms with Gasteiger partial charge in [0.1, 0.15) is 6.04 Å². The number of carbonyl (C=O) groups excluding carboxylic acids is 1. The lowest BCUT2D eigenvalue weighted by Crippen LogP contribution is -2.47. The minimum absolute atomic E-state index is 0.138. The van der Waals surface area contributed by atoms with Crippen molar-refractivity contribution < 1.29 is 4.79 Å². The van der Waals surface area contributed by atoms with E-state index in [0.717, 1.165) is 24.3 Å². The number of rotatable bonds is 5. The second-order valence-electron chi connectivity index (χ2n) is 7.17. The summed E-state index contributed by atoms with van der Waals surface area (Å²) in [5, 5.41) is 6.84. The molecule has 1 aromatic carbocycles. The molecule has 2 aliphatic carbocycles. The molecule has 2 fully saturated rings. The Balaban J connectivity index is 1.74. The molecular weight excluding hydrogens is 272 g/mol. The van der Waals surface area contributed by atoms with Crippen molar-refractivity contribution in [2.45, 2.75) is 64.1 Å². The molecule has 0 aromatic heterocycles. The summed E-state index contributed by atoms with van der Waals surface area (Å²) < 4.78 is 0.